The van der Waals surface area contributed by atoms with E-state index in [-0.39, 0.29) is 108 Å². The van der Waals surface area contributed by atoms with E-state index in [0.717, 1.165) is 21.8 Å². The maximum absolute atomic E-state index is 14.9. The van der Waals surface area contributed by atoms with E-state index in [1.165, 1.54) is 0 Å². The molecule has 0 saturated carbocycles. The van der Waals surface area contributed by atoms with E-state index in [9.17, 15) is 38.4 Å². The fraction of sp³-hybridized carbons (Fsp3) is 0.509. The summed E-state index contributed by atoms with van der Waals surface area (Å²) in [5.41, 5.74) is 58.7. The van der Waals surface area contributed by atoms with E-state index >= 15 is 0 Å². The first-order chi connectivity index (χ1) is 41.8. The van der Waals surface area contributed by atoms with Crippen molar-refractivity contribution < 1.29 is 38.4 Å². The predicted octanol–water partition coefficient (Wildman–Crippen LogP) is -3.44. The van der Waals surface area contributed by atoms with Gasteiger partial charge in [-0.2, -0.15) is 0 Å². The van der Waals surface area contributed by atoms with Gasteiger partial charge in [-0.15, -0.1) is 0 Å². The summed E-state index contributed by atoms with van der Waals surface area (Å²) in [7, 11) is 0. The number of carbonyl (C=O) groups is 8. The minimum absolute atomic E-state index is 0.0223. The molecule has 4 aromatic rings. The summed E-state index contributed by atoms with van der Waals surface area (Å²) in [5.74, 6) is -7.98. The van der Waals surface area contributed by atoms with E-state index in [1.807, 2.05) is 48.5 Å². The van der Waals surface area contributed by atoms with Crippen molar-refractivity contribution in [1.82, 2.24) is 47.2 Å². The van der Waals surface area contributed by atoms with E-state index in [2.05, 4.69) is 67.2 Å². The number of nitrogens with two attached hydrogens (primary N) is 10. The van der Waals surface area contributed by atoms with Crippen molar-refractivity contribution in [1.29, 1.82) is 0 Å². The Morgan fingerprint density at radius 3 is 1.19 bits per heavy atom. The lowest BCUT2D eigenvalue weighted by Gasteiger charge is -2.31. The number of H-pyrrole nitrogens is 2. The smallest absolute Gasteiger partial charge is 0.243 e. The molecular weight excluding hydrogens is 1130 g/mol. The van der Waals surface area contributed by atoms with Crippen molar-refractivity contribution in [2.45, 2.75) is 147 Å². The number of guanidine groups is 4. The minimum Gasteiger partial charge on any atom is -0.370 e. The van der Waals surface area contributed by atoms with Crippen molar-refractivity contribution in [3.63, 3.8) is 0 Å². The molecule has 0 aliphatic rings. The van der Waals surface area contributed by atoms with Gasteiger partial charge in [-0.1, -0.05) is 70.5 Å². The number of nitrogens with one attached hydrogen (secondary N) is 9. The topological polar surface area (TPSA) is 562 Å². The van der Waals surface area contributed by atoms with Crippen LogP contribution in [0.5, 0.6) is 0 Å². The van der Waals surface area contributed by atoms with Gasteiger partial charge in [0, 0.05) is 73.2 Å². The number of benzene rings is 2. The monoisotopic (exact) mass is 1230 g/mol. The van der Waals surface area contributed by atoms with Crippen LogP contribution in [0.15, 0.2) is 80.9 Å². The molecule has 0 saturated heterocycles. The largest absolute Gasteiger partial charge is 0.370 e. The zero-order valence-electron chi connectivity index (χ0n) is 50.5. The fourth-order valence-corrected chi connectivity index (χ4v) is 9.53. The van der Waals surface area contributed by atoms with Crippen molar-refractivity contribution >= 4 is 92.9 Å². The van der Waals surface area contributed by atoms with Crippen LogP contribution in [-0.2, 0) is 51.2 Å². The molecule has 0 unspecified atom stereocenters. The molecule has 0 radical (unpaired) electrons. The lowest BCUT2D eigenvalue weighted by Crippen LogP contribution is -2.62. The van der Waals surface area contributed by atoms with Gasteiger partial charge in [0.05, 0.1) is 6.04 Å². The summed E-state index contributed by atoms with van der Waals surface area (Å²) in [6.07, 6.45) is 4.82. The number of aliphatic imine (C=N–C) groups is 4. The third kappa shape index (κ3) is 23.3. The fourth-order valence-electron chi connectivity index (χ4n) is 9.53. The van der Waals surface area contributed by atoms with Crippen LogP contribution in [0.4, 0.5) is 0 Å². The van der Waals surface area contributed by atoms with Crippen LogP contribution in [0, 0.1) is 11.8 Å². The lowest BCUT2D eigenvalue weighted by molar-refractivity contribution is -0.136. The van der Waals surface area contributed by atoms with Crippen molar-refractivity contribution in [3.05, 3.63) is 72.1 Å². The zero-order valence-corrected chi connectivity index (χ0v) is 50.5. The van der Waals surface area contributed by atoms with Gasteiger partial charge in [0.25, 0.3) is 0 Å². The van der Waals surface area contributed by atoms with Crippen molar-refractivity contribution in [2.75, 3.05) is 26.2 Å². The zero-order chi connectivity index (χ0) is 65.0. The molecule has 0 spiro atoms. The summed E-state index contributed by atoms with van der Waals surface area (Å²) in [6.45, 7) is 7.44. The Hall–Kier alpha value is -9.68. The molecule has 0 aliphatic carbocycles. The summed E-state index contributed by atoms with van der Waals surface area (Å²) >= 11 is 0. The molecule has 0 aliphatic heterocycles. The number of carbonyl (C=O) groups excluding carboxylic acids is 8. The molecule has 0 bridgehead atoms. The number of fused-ring (bicyclic) bond motifs is 2. The number of hydrogen-bond acceptors (Lipinski definition) is 13. The number of aromatic amines is 2. The Balaban J connectivity index is 1.67. The highest BCUT2D eigenvalue weighted by atomic mass is 16.2. The Morgan fingerprint density at radius 2 is 0.773 bits per heavy atom. The molecule has 2 heterocycles. The highest BCUT2D eigenvalue weighted by Crippen LogP contribution is 2.22. The van der Waals surface area contributed by atoms with Crippen molar-refractivity contribution in [2.24, 2.45) is 89.1 Å². The second-order valence-corrected chi connectivity index (χ2v) is 21.8. The van der Waals surface area contributed by atoms with Gasteiger partial charge in [-0.3, -0.25) is 58.3 Å². The second kappa shape index (κ2) is 35.7. The summed E-state index contributed by atoms with van der Waals surface area (Å²) in [4.78, 5) is 136. The van der Waals surface area contributed by atoms with Gasteiger partial charge >= 0.3 is 0 Å². The molecule has 31 heteroatoms. The van der Waals surface area contributed by atoms with Crippen LogP contribution in [0.2, 0.25) is 0 Å². The molecule has 482 valence electrons. The van der Waals surface area contributed by atoms with Gasteiger partial charge < -0.3 is 105 Å². The number of rotatable bonds is 38. The highest BCUT2D eigenvalue weighted by Gasteiger charge is 2.37. The SMILES string of the molecule is CC[C@H](C)[C@H](NC(=O)[C@@H](NC(=O)[C@H](Cc1c[nH]c2ccccc12)NC(=O)[C@H](CCCN=C(N)N)NC(=O)[C@@H](N)CCCN=C(N)N)C(C)C)C(=O)N[C@@H](Cc1c[nH]c2ccccc12)C(=O)N[C@@H](CCCN=C(N)N)C(=O)N[C@@H](CCCN=C(N)N)C(N)=O. The average molecular weight is 1230 g/mol. The number of hydrogen-bond donors (Lipinski definition) is 19. The molecule has 29 N–H and O–H groups in total. The van der Waals surface area contributed by atoms with Gasteiger partial charge in [-0.05, 0) is 86.5 Å². The van der Waals surface area contributed by atoms with E-state index < -0.39 is 107 Å². The summed E-state index contributed by atoms with van der Waals surface area (Å²) in [5, 5.41) is 20.9. The molecule has 2 aromatic carbocycles. The molecule has 88 heavy (non-hydrogen) atoms. The van der Waals surface area contributed by atoms with Crippen LogP contribution in [0.3, 0.4) is 0 Å². The first-order valence-corrected chi connectivity index (χ1v) is 29.3. The van der Waals surface area contributed by atoms with Crippen LogP contribution in [-0.4, -0.2) is 156 Å². The highest BCUT2D eigenvalue weighted by molar-refractivity contribution is 5.99. The van der Waals surface area contributed by atoms with Crippen LogP contribution in [0.25, 0.3) is 21.8 Å². The third-order valence-electron chi connectivity index (χ3n) is 14.6. The Bertz CT molecular complexity index is 3100. The van der Waals surface area contributed by atoms with E-state index in [0.29, 0.717) is 24.0 Å². The average Bonchev–Trinajstić information content (AvgIpc) is 2.03. The number of aromatic nitrogens is 2. The summed E-state index contributed by atoms with van der Waals surface area (Å²) < 4.78 is 0. The number of amides is 8. The van der Waals surface area contributed by atoms with Gasteiger partial charge in [0.2, 0.25) is 47.3 Å². The number of primary amides is 1. The van der Waals surface area contributed by atoms with E-state index in [1.54, 1.807) is 40.1 Å². The normalized spacial score (nSPS) is 14.2. The molecule has 8 amide bonds. The lowest BCUT2D eigenvalue weighted by atomic mass is 9.95. The quantitative estimate of drug-likeness (QED) is 0.0118. The van der Waals surface area contributed by atoms with Crippen LogP contribution >= 0.6 is 0 Å². The van der Waals surface area contributed by atoms with E-state index in [4.69, 9.17) is 57.3 Å². The van der Waals surface area contributed by atoms with Gasteiger partial charge in [-0.25, -0.2) is 0 Å². The molecule has 31 nitrogen and oxygen atoms in total. The van der Waals surface area contributed by atoms with Crippen LogP contribution < -0.4 is 94.6 Å². The maximum atomic E-state index is 14.9. The van der Waals surface area contributed by atoms with Crippen LogP contribution in [0.1, 0.15) is 96.6 Å². The summed E-state index contributed by atoms with van der Waals surface area (Å²) in [6, 6.07) is 4.45. The second-order valence-electron chi connectivity index (χ2n) is 21.8. The minimum atomic E-state index is -1.39. The Labute approximate surface area is 510 Å². The first kappa shape index (κ1) is 70.8. The molecule has 9 atom stereocenters. The molecule has 0 fully saturated rings. The van der Waals surface area contributed by atoms with Gasteiger partial charge in [0.15, 0.2) is 23.8 Å². The molecule has 2 aromatic heterocycles. The standard InChI is InChI=1S/C57H91N23O8/c1-5-31(4)45(53(88)78-42(26-32-28-72-37-17-8-6-14-34(32)37)50(85)76-41(21-13-25-71-57(66)67)48(83)74-39(46(59)81)19-11-23-69-55(62)63)80-52(87)44(30(2)3)79-51(86)43(27-33-29-73-38-18-9-7-15-35(33)38)77-49(84)40(20-12-24-70-56(64)65)75-47(82)36(58)16-10-22-68-54(60)61/h6-9,14-15,17-18,28-31,36,39-45,72-73H,5,10-13,16,19-27,58H2,1-4H3,(H2,59,81)(H,74,83)(H,75,82)(H,76,85)(H,77,84)(H,78,88)(H,79,86)(H,80,87)(H4,60,61,68)(H4,62,63,69)(H4,64,65,70)(H4,66,67,71)/t31-,36-,39-,40-,41-,42-,43-,44-,45-/m0/s1. The van der Waals surface area contributed by atoms with Gasteiger partial charge in [0.1, 0.15) is 42.3 Å². The third-order valence-corrected chi connectivity index (χ3v) is 14.6. The maximum Gasteiger partial charge on any atom is 0.243 e. The molecular formula is C57H91N23O8. The Kier molecular flexibility index (Phi) is 28.7. The Morgan fingerprint density at radius 1 is 0.432 bits per heavy atom. The first-order valence-electron chi connectivity index (χ1n) is 29.3. The predicted molar refractivity (Wildman–Crippen MR) is 339 cm³/mol. The molecule has 4 rings (SSSR count). The van der Waals surface area contributed by atoms with Crippen molar-refractivity contribution in [3.8, 4) is 0 Å². The number of para-hydroxylation sites is 2. The number of nitrogens with zero attached hydrogens (tertiary/aromatic N) is 4.